The Balaban J connectivity index is 0. The molecule has 2 atom stereocenters. The molecule has 5 heteroatoms. The third-order valence-corrected chi connectivity index (χ3v) is 3.09. The zero-order chi connectivity index (χ0) is 17.4. The molecule has 0 aromatic rings. The van der Waals surface area contributed by atoms with Gasteiger partial charge in [0.05, 0.1) is 0 Å². The summed E-state index contributed by atoms with van der Waals surface area (Å²) in [7, 11) is 0. The van der Waals surface area contributed by atoms with Crippen LogP contribution in [-0.4, -0.2) is 23.1 Å². The minimum absolute atomic E-state index is 0.00830. The van der Waals surface area contributed by atoms with Gasteiger partial charge in [-0.25, -0.2) is 5.48 Å². The van der Waals surface area contributed by atoms with Crippen LogP contribution >= 0.6 is 0 Å². The Kier molecular flexibility index (Phi) is 16.2. The topological polar surface area (TPSA) is 78.4 Å². The van der Waals surface area contributed by atoms with Gasteiger partial charge < -0.3 is 5.32 Å². The van der Waals surface area contributed by atoms with Crippen LogP contribution in [0.4, 0.5) is 0 Å². The molecule has 0 aromatic carbocycles. The van der Waals surface area contributed by atoms with E-state index in [1.54, 1.807) is 0 Å². The van der Waals surface area contributed by atoms with E-state index < -0.39 is 5.91 Å². The molecule has 2 unspecified atom stereocenters. The van der Waals surface area contributed by atoms with Crippen molar-refractivity contribution in [2.45, 2.75) is 65.8 Å². The third-order valence-electron chi connectivity index (χ3n) is 3.09. The maximum atomic E-state index is 11.6. The van der Waals surface area contributed by atoms with Gasteiger partial charge in [0.1, 0.15) is 0 Å². The summed E-state index contributed by atoms with van der Waals surface area (Å²) in [5.74, 6) is -0.304. The Hall–Kier alpha value is -1.62. The highest BCUT2D eigenvalue weighted by Gasteiger charge is 2.11. The first-order valence-corrected chi connectivity index (χ1v) is 7.99. The van der Waals surface area contributed by atoms with Gasteiger partial charge in [-0.1, -0.05) is 32.1 Å². The largest absolute Gasteiger partial charge is 0.354 e. The highest BCUT2D eigenvalue weighted by atomic mass is 16.5. The summed E-state index contributed by atoms with van der Waals surface area (Å²) in [5, 5.41) is 11.2. The molecule has 0 fully saturated rings. The molecule has 0 saturated carbocycles. The molecule has 3 N–H and O–H groups in total. The minimum atomic E-state index is -0.550. The summed E-state index contributed by atoms with van der Waals surface area (Å²) >= 11 is 0. The second-order valence-electron chi connectivity index (χ2n) is 4.88. The second-order valence-corrected chi connectivity index (χ2v) is 4.88. The molecule has 0 spiro atoms. The van der Waals surface area contributed by atoms with Gasteiger partial charge in [0.15, 0.2) is 0 Å². The van der Waals surface area contributed by atoms with Crippen LogP contribution in [0, 0.1) is 5.92 Å². The van der Waals surface area contributed by atoms with Crippen LogP contribution in [0.1, 0.15) is 59.8 Å². The standard InChI is InChI=1S/C15H26N2O3.C2H6/c1-4-6-7-13(5-2)9-8-12(3)16-14(18)10-11-15(19)17-20;1-2/h4-6,12-13,20H,2,7-11H2,1,3H3,(H,16,18)(H,17,19);1-2H3/b6-4-;. The molecule has 0 aromatic heterocycles. The summed E-state index contributed by atoms with van der Waals surface area (Å²) < 4.78 is 0. The van der Waals surface area contributed by atoms with Gasteiger partial charge in [0.2, 0.25) is 11.8 Å². The van der Waals surface area contributed by atoms with Crippen LogP contribution < -0.4 is 10.8 Å². The molecular weight excluding hydrogens is 280 g/mol. The van der Waals surface area contributed by atoms with Crippen molar-refractivity contribution in [1.82, 2.24) is 10.8 Å². The fourth-order valence-electron chi connectivity index (χ4n) is 1.81. The number of carbonyl (C=O) groups is 2. The Morgan fingerprint density at radius 1 is 1.18 bits per heavy atom. The van der Waals surface area contributed by atoms with Crippen molar-refractivity contribution >= 4 is 11.8 Å². The molecule has 0 aliphatic rings. The van der Waals surface area contributed by atoms with Crippen molar-refractivity contribution in [3.05, 3.63) is 24.8 Å². The number of amides is 2. The fraction of sp³-hybridized carbons (Fsp3) is 0.647. The van der Waals surface area contributed by atoms with Gasteiger partial charge in [0, 0.05) is 18.9 Å². The first-order chi connectivity index (χ1) is 10.5. The lowest BCUT2D eigenvalue weighted by molar-refractivity contribution is -0.132. The van der Waals surface area contributed by atoms with Crippen molar-refractivity contribution in [3.63, 3.8) is 0 Å². The van der Waals surface area contributed by atoms with Crippen molar-refractivity contribution in [2.75, 3.05) is 0 Å². The van der Waals surface area contributed by atoms with Crippen molar-refractivity contribution in [2.24, 2.45) is 5.92 Å². The molecule has 2 amide bonds. The van der Waals surface area contributed by atoms with Gasteiger partial charge in [-0.05, 0) is 39.0 Å². The Bertz CT molecular complexity index is 341. The van der Waals surface area contributed by atoms with Gasteiger partial charge >= 0.3 is 0 Å². The molecular formula is C17H32N2O3. The molecule has 22 heavy (non-hydrogen) atoms. The van der Waals surface area contributed by atoms with Crippen molar-refractivity contribution < 1.29 is 14.8 Å². The molecule has 0 aliphatic heterocycles. The van der Waals surface area contributed by atoms with Crippen molar-refractivity contribution in [1.29, 1.82) is 0 Å². The quantitative estimate of drug-likeness (QED) is 0.329. The summed E-state index contributed by atoms with van der Waals surface area (Å²) in [6.45, 7) is 11.8. The van der Waals surface area contributed by atoms with Crippen LogP contribution in [-0.2, 0) is 9.59 Å². The lowest BCUT2D eigenvalue weighted by Crippen LogP contribution is -2.33. The Morgan fingerprint density at radius 3 is 2.27 bits per heavy atom. The lowest BCUT2D eigenvalue weighted by atomic mass is 9.97. The van der Waals surface area contributed by atoms with Gasteiger partial charge in [-0.3, -0.25) is 14.8 Å². The van der Waals surface area contributed by atoms with Crippen LogP contribution in [0.2, 0.25) is 0 Å². The summed E-state index contributed by atoms with van der Waals surface area (Å²) in [6, 6.07) is 0.0627. The minimum Gasteiger partial charge on any atom is -0.354 e. The third kappa shape index (κ3) is 13.4. The molecule has 5 nitrogen and oxygen atoms in total. The molecule has 128 valence electrons. The zero-order valence-electron chi connectivity index (χ0n) is 14.4. The SMILES string of the molecule is C=CC(C/C=C\C)CCC(C)NC(=O)CCC(=O)NO.CC. The summed E-state index contributed by atoms with van der Waals surface area (Å²) in [5.41, 5.74) is 1.50. The highest BCUT2D eigenvalue weighted by Crippen LogP contribution is 2.14. The van der Waals surface area contributed by atoms with E-state index in [0.29, 0.717) is 5.92 Å². The number of carbonyl (C=O) groups excluding carboxylic acids is 2. The van der Waals surface area contributed by atoms with E-state index in [2.05, 4.69) is 18.0 Å². The van der Waals surface area contributed by atoms with E-state index in [0.717, 1.165) is 19.3 Å². The number of allylic oxidation sites excluding steroid dienone is 3. The van der Waals surface area contributed by atoms with Crippen LogP contribution in [0.5, 0.6) is 0 Å². The number of hydrogen-bond donors (Lipinski definition) is 3. The average molecular weight is 312 g/mol. The highest BCUT2D eigenvalue weighted by molar-refractivity contribution is 5.83. The van der Waals surface area contributed by atoms with E-state index in [1.165, 1.54) is 5.48 Å². The van der Waals surface area contributed by atoms with E-state index >= 15 is 0 Å². The number of hydroxylamine groups is 1. The summed E-state index contributed by atoms with van der Waals surface area (Å²) in [4.78, 5) is 22.4. The van der Waals surface area contributed by atoms with Gasteiger partial charge in [0.25, 0.3) is 0 Å². The molecule has 0 bridgehead atoms. The van der Waals surface area contributed by atoms with E-state index in [-0.39, 0.29) is 24.8 Å². The molecule has 0 heterocycles. The van der Waals surface area contributed by atoms with E-state index in [1.807, 2.05) is 39.8 Å². The normalized spacial score (nSPS) is 12.8. The Morgan fingerprint density at radius 2 is 1.77 bits per heavy atom. The van der Waals surface area contributed by atoms with E-state index in [9.17, 15) is 9.59 Å². The van der Waals surface area contributed by atoms with Gasteiger partial charge in [-0.15, -0.1) is 6.58 Å². The molecule has 0 rings (SSSR count). The summed E-state index contributed by atoms with van der Waals surface area (Å²) in [6.07, 6.45) is 8.96. The van der Waals surface area contributed by atoms with E-state index in [4.69, 9.17) is 5.21 Å². The van der Waals surface area contributed by atoms with Crippen molar-refractivity contribution in [3.8, 4) is 0 Å². The Labute approximate surface area is 134 Å². The molecule has 0 aliphatic carbocycles. The molecule has 0 radical (unpaired) electrons. The average Bonchev–Trinajstić information content (AvgIpc) is 2.54. The number of nitrogens with one attached hydrogen (secondary N) is 2. The smallest absolute Gasteiger partial charge is 0.243 e. The van der Waals surface area contributed by atoms with Crippen LogP contribution in [0.25, 0.3) is 0 Å². The predicted molar refractivity (Wildman–Crippen MR) is 90.5 cm³/mol. The number of hydrogen-bond acceptors (Lipinski definition) is 3. The van der Waals surface area contributed by atoms with Crippen LogP contribution in [0.3, 0.4) is 0 Å². The van der Waals surface area contributed by atoms with Crippen LogP contribution in [0.15, 0.2) is 24.8 Å². The second kappa shape index (κ2) is 15.8. The monoisotopic (exact) mass is 312 g/mol. The first kappa shape index (κ1) is 22.7. The maximum absolute atomic E-state index is 11.6. The molecule has 0 saturated heterocycles. The maximum Gasteiger partial charge on any atom is 0.243 e. The first-order valence-electron chi connectivity index (χ1n) is 7.99. The zero-order valence-corrected chi connectivity index (χ0v) is 14.4. The fourth-order valence-corrected chi connectivity index (χ4v) is 1.81. The number of rotatable bonds is 10. The predicted octanol–water partition coefficient (Wildman–Crippen LogP) is 3.35. The van der Waals surface area contributed by atoms with Gasteiger partial charge in [-0.2, -0.15) is 0 Å². The lowest BCUT2D eigenvalue weighted by Gasteiger charge is -2.16.